The summed E-state index contributed by atoms with van der Waals surface area (Å²) in [6.07, 6.45) is 44.2. The van der Waals surface area contributed by atoms with Gasteiger partial charge >= 0.3 is 8.60 Å². The number of hydrogen-bond acceptors (Lipinski definition) is 3. The Hall–Kier alpha value is -0.630. The van der Waals surface area contributed by atoms with Crippen molar-refractivity contribution in [3.05, 3.63) is 29.8 Å². The lowest BCUT2D eigenvalue weighted by Crippen LogP contribution is -2.10. The van der Waals surface area contributed by atoms with E-state index in [2.05, 4.69) is 58.9 Å². The van der Waals surface area contributed by atoms with Gasteiger partial charge in [-0.25, -0.2) is 0 Å². The van der Waals surface area contributed by atoms with E-state index in [-0.39, 0.29) is 5.41 Å². The van der Waals surface area contributed by atoms with Crippen molar-refractivity contribution in [1.29, 1.82) is 0 Å². The van der Waals surface area contributed by atoms with Crippen LogP contribution < -0.4 is 4.52 Å². The Kier molecular flexibility index (Phi) is 33.6. The number of unbranched alkanes of at least 4 members (excludes halogenated alkanes) is 30. The summed E-state index contributed by atoms with van der Waals surface area (Å²) < 4.78 is 18.7. The molecule has 1 aromatic carbocycles. The minimum atomic E-state index is -1.36. The highest BCUT2D eigenvalue weighted by Gasteiger charge is 2.17. The molecule has 0 fully saturated rings. The van der Waals surface area contributed by atoms with E-state index in [9.17, 15) is 0 Å². The van der Waals surface area contributed by atoms with Gasteiger partial charge in [-0.15, -0.1) is 0 Å². The van der Waals surface area contributed by atoms with Crippen molar-refractivity contribution in [2.75, 3.05) is 13.2 Å². The van der Waals surface area contributed by atoms with Crippen molar-refractivity contribution in [1.82, 2.24) is 0 Å². The third-order valence-corrected chi connectivity index (χ3v) is 11.4. The van der Waals surface area contributed by atoms with Gasteiger partial charge < -0.3 is 13.6 Å². The van der Waals surface area contributed by atoms with Gasteiger partial charge in [-0.2, -0.15) is 0 Å². The molecule has 0 aliphatic heterocycles. The molecule has 0 aliphatic rings. The second kappa shape index (κ2) is 35.4. The van der Waals surface area contributed by atoms with Gasteiger partial charge in [0.15, 0.2) is 0 Å². The molecule has 0 amide bonds. The van der Waals surface area contributed by atoms with E-state index in [1.807, 2.05) is 0 Å². The summed E-state index contributed by atoms with van der Waals surface area (Å²) in [5.74, 6) is 0.850. The second-order valence-corrected chi connectivity index (χ2v) is 17.5. The lowest BCUT2D eigenvalue weighted by Gasteiger charge is -2.20. The first-order valence-corrected chi connectivity index (χ1v) is 23.4. The quantitative estimate of drug-likeness (QED) is 0.0503. The molecule has 0 bridgehead atoms. The summed E-state index contributed by atoms with van der Waals surface area (Å²) in [5.41, 5.74) is 1.45. The van der Waals surface area contributed by atoms with E-state index in [1.165, 1.54) is 198 Å². The number of rotatable bonds is 38. The maximum Gasteiger partial charge on any atom is 0.397 e. The van der Waals surface area contributed by atoms with Crippen LogP contribution in [-0.2, 0) is 14.5 Å². The summed E-state index contributed by atoms with van der Waals surface area (Å²) in [7, 11) is -1.36. The average molecular weight is 719 g/mol. The van der Waals surface area contributed by atoms with Gasteiger partial charge in [0.25, 0.3) is 0 Å². The van der Waals surface area contributed by atoms with Gasteiger partial charge in [0.05, 0.1) is 13.2 Å². The van der Waals surface area contributed by atoms with Crippen molar-refractivity contribution in [3.8, 4) is 5.75 Å². The molecule has 0 radical (unpaired) electrons. The molecule has 0 heterocycles. The summed E-state index contributed by atoms with van der Waals surface area (Å²) in [6.45, 7) is 12.8. The number of benzene rings is 1. The predicted molar refractivity (Wildman–Crippen MR) is 224 cm³/mol. The molecule has 50 heavy (non-hydrogen) atoms. The minimum absolute atomic E-state index is 0.136. The highest BCUT2D eigenvalue weighted by molar-refractivity contribution is 7.42. The van der Waals surface area contributed by atoms with Crippen molar-refractivity contribution in [3.63, 3.8) is 0 Å². The van der Waals surface area contributed by atoms with Gasteiger partial charge in [0.2, 0.25) is 0 Å². The molecule has 4 heteroatoms. The average Bonchev–Trinajstić information content (AvgIpc) is 3.10. The first-order chi connectivity index (χ1) is 24.5. The molecule has 294 valence electrons. The Labute approximate surface area is 315 Å². The maximum absolute atomic E-state index is 6.26. The summed E-state index contributed by atoms with van der Waals surface area (Å²) >= 11 is 0. The highest BCUT2D eigenvalue weighted by Crippen LogP contribution is 2.41. The fourth-order valence-electron chi connectivity index (χ4n) is 6.77. The molecule has 1 aromatic rings. The molecule has 0 aliphatic carbocycles. The Morgan fingerprint density at radius 3 is 0.900 bits per heavy atom. The van der Waals surface area contributed by atoms with Crippen LogP contribution in [-0.4, -0.2) is 13.2 Å². The lowest BCUT2D eigenvalue weighted by atomic mass is 9.87. The monoisotopic (exact) mass is 719 g/mol. The van der Waals surface area contributed by atoms with Gasteiger partial charge in [-0.05, 0) is 36.0 Å². The third kappa shape index (κ3) is 30.9. The molecule has 0 saturated heterocycles. The standard InChI is InChI=1S/C46H87O3P/c1-6-8-10-12-14-16-18-20-22-24-26-28-30-32-34-36-42-47-50(49-45-40-38-44(39-41-45)46(3,4)5)48-43-37-35-33-31-29-27-25-23-21-19-17-15-13-11-9-7-2/h38-41H,6-37,42-43H2,1-5H3. The molecular formula is C46H87O3P. The second-order valence-electron chi connectivity index (χ2n) is 16.4. The number of hydrogen-bond donors (Lipinski definition) is 0. The van der Waals surface area contributed by atoms with Crippen LogP contribution in [0, 0.1) is 0 Å². The molecule has 1 rings (SSSR count). The lowest BCUT2D eigenvalue weighted by molar-refractivity contribution is 0.198. The predicted octanol–water partition coefficient (Wildman–Crippen LogP) is 17.1. The largest absolute Gasteiger partial charge is 0.427 e. The SMILES string of the molecule is CCCCCCCCCCCCCCCCCCOP(OCCCCCCCCCCCCCCCCCC)Oc1ccc(C(C)(C)C)cc1. The first kappa shape index (κ1) is 47.4. The van der Waals surface area contributed by atoms with Crippen molar-refractivity contribution < 1.29 is 13.6 Å². The molecule has 0 aromatic heterocycles. The van der Waals surface area contributed by atoms with Gasteiger partial charge in [0, 0.05) is 0 Å². The van der Waals surface area contributed by atoms with E-state index in [1.54, 1.807) is 0 Å². The van der Waals surface area contributed by atoms with Crippen LogP contribution in [0.5, 0.6) is 5.75 Å². The van der Waals surface area contributed by atoms with Crippen molar-refractivity contribution >= 4 is 8.60 Å². The molecule has 0 atom stereocenters. The van der Waals surface area contributed by atoms with E-state index in [0.717, 1.165) is 31.8 Å². The van der Waals surface area contributed by atoms with Crippen LogP contribution in [0.25, 0.3) is 0 Å². The van der Waals surface area contributed by atoms with Crippen LogP contribution in [0.2, 0.25) is 0 Å². The van der Waals surface area contributed by atoms with E-state index >= 15 is 0 Å². The summed E-state index contributed by atoms with van der Waals surface area (Å²) in [4.78, 5) is 0. The smallest absolute Gasteiger partial charge is 0.397 e. The molecule has 0 unspecified atom stereocenters. The van der Waals surface area contributed by atoms with Crippen molar-refractivity contribution in [2.24, 2.45) is 0 Å². The van der Waals surface area contributed by atoms with E-state index < -0.39 is 8.60 Å². The normalized spacial score (nSPS) is 12.0. The van der Waals surface area contributed by atoms with E-state index in [0.29, 0.717) is 0 Å². The molecule has 0 N–H and O–H groups in total. The maximum atomic E-state index is 6.26. The van der Waals surface area contributed by atoms with Crippen LogP contribution in [0.15, 0.2) is 24.3 Å². The van der Waals surface area contributed by atoms with Crippen LogP contribution in [0.3, 0.4) is 0 Å². The van der Waals surface area contributed by atoms with E-state index in [4.69, 9.17) is 13.6 Å². The Bertz CT molecular complexity index is 767. The molecular weight excluding hydrogens is 631 g/mol. The first-order valence-electron chi connectivity index (χ1n) is 22.3. The van der Waals surface area contributed by atoms with Crippen LogP contribution in [0.4, 0.5) is 0 Å². The Morgan fingerprint density at radius 2 is 0.640 bits per heavy atom. The van der Waals surface area contributed by atoms with Gasteiger partial charge in [-0.1, -0.05) is 239 Å². The summed E-state index contributed by atoms with van der Waals surface area (Å²) in [5, 5.41) is 0. The summed E-state index contributed by atoms with van der Waals surface area (Å²) in [6, 6.07) is 8.50. The Morgan fingerprint density at radius 1 is 0.380 bits per heavy atom. The van der Waals surface area contributed by atoms with Gasteiger partial charge in [0.1, 0.15) is 5.75 Å². The van der Waals surface area contributed by atoms with Gasteiger partial charge in [-0.3, -0.25) is 0 Å². The molecule has 3 nitrogen and oxygen atoms in total. The minimum Gasteiger partial charge on any atom is -0.427 e. The molecule has 0 spiro atoms. The fourth-order valence-corrected chi connectivity index (χ4v) is 7.80. The van der Waals surface area contributed by atoms with Crippen LogP contribution in [0.1, 0.15) is 246 Å². The Balaban J connectivity index is 2.13. The molecule has 0 saturated carbocycles. The fraction of sp³-hybridized carbons (Fsp3) is 0.870. The highest BCUT2D eigenvalue weighted by atomic mass is 31.2. The third-order valence-electron chi connectivity index (χ3n) is 10.3. The van der Waals surface area contributed by atoms with Crippen molar-refractivity contribution in [2.45, 2.75) is 245 Å². The van der Waals surface area contributed by atoms with Crippen LogP contribution >= 0.6 is 8.60 Å². The topological polar surface area (TPSA) is 27.7 Å². The zero-order valence-corrected chi connectivity index (χ0v) is 35.4. The zero-order chi connectivity index (χ0) is 36.2. The zero-order valence-electron chi connectivity index (χ0n) is 34.5.